The van der Waals surface area contributed by atoms with Crippen molar-refractivity contribution in [1.82, 2.24) is 9.80 Å². The zero-order chi connectivity index (χ0) is 25.4. The Morgan fingerprint density at radius 1 is 0.944 bits per heavy atom. The van der Waals surface area contributed by atoms with Crippen LogP contribution in [-0.2, 0) is 10.3 Å². The van der Waals surface area contributed by atoms with Crippen LogP contribution in [0, 0.1) is 17.6 Å². The molecule has 2 aliphatic heterocycles. The van der Waals surface area contributed by atoms with E-state index in [0.29, 0.717) is 48.2 Å². The molecule has 0 aromatic heterocycles. The van der Waals surface area contributed by atoms with Crippen LogP contribution in [-0.4, -0.2) is 47.7 Å². The monoisotopic (exact) mass is 488 g/mol. The number of nitrogens with two attached hydrogens (primary N) is 1. The number of hydrogen-bond donors (Lipinski definition) is 1. The SMILES string of the molecule is CN1C(=O)C(c2cccc(-c3cc(F)cc(F)c3)c2)(C2CCN(C(=O)c3ccccc3)CC2)N=C1N. The average molecular weight is 489 g/mol. The first-order valence-electron chi connectivity index (χ1n) is 11.8. The fourth-order valence-corrected chi connectivity index (χ4v) is 5.27. The number of benzene rings is 3. The minimum absolute atomic E-state index is 0.0453. The summed E-state index contributed by atoms with van der Waals surface area (Å²) in [4.78, 5) is 34.4. The minimum Gasteiger partial charge on any atom is -0.369 e. The molecule has 2 amide bonds. The number of guanidine groups is 1. The fourth-order valence-electron chi connectivity index (χ4n) is 5.27. The molecule has 0 saturated carbocycles. The number of carbonyl (C=O) groups is 2. The molecular formula is C28H26F2N4O2. The summed E-state index contributed by atoms with van der Waals surface area (Å²) < 4.78 is 27.8. The molecule has 1 atom stereocenters. The summed E-state index contributed by atoms with van der Waals surface area (Å²) in [5.74, 6) is -1.76. The molecule has 3 aromatic carbocycles. The second-order valence-electron chi connectivity index (χ2n) is 9.27. The van der Waals surface area contributed by atoms with Gasteiger partial charge in [0.1, 0.15) is 11.6 Å². The molecule has 1 fully saturated rings. The van der Waals surface area contributed by atoms with Crippen LogP contribution in [0.3, 0.4) is 0 Å². The van der Waals surface area contributed by atoms with Crippen molar-refractivity contribution in [1.29, 1.82) is 0 Å². The number of likely N-dealkylation sites (N-methyl/N-ethyl adjacent to an activating group) is 1. The van der Waals surface area contributed by atoms with Gasteiger partial charge in [-0.2, -0.15) is 0 Å². The van der Waals surface area contributed by atoms with Crippen LogP contribution in [0.4, 0.5) is 8.78 Å². The maximum absolute atomic E-state index is 13.9. The number of piperidine rings is 1. The Labute approximate surface area is 208 Å². The van der Waals surface area contributed by atoms with E-state index in [1.54, 1.807) is 48.3 Å². The highest BCUT2D eigenvalue weighted by atomic mass is 19.1. The first kappa shape index (κ1) is 23.7. The maximum atomic E-state index is 13.9. The number of aliphatic imine (C=N–C) groups is 1. The van der Waals surface area contributed by atoms with E-state index in [0.717, 1.165) is 6.07 Å². The van der Waals surface area contributed by atoms with Crippen molar-refractivity contribution in [3.8, 4) is 11.1 Å². The summed E-state index contributed by atoms with van der Waals surface area (Å²) in [6.07, 6.45) is 1.10. The molecule has 8 heteroatoms. The Balaban J connectivity index is 1.49. The number of nitrogens with zero attached hydrogens (tertiary/aromatic N) is 3. The minimum atomic E-state index is -1.28. The van der Waals surface area contributed by atoms with Crippen LogP contribution in [0.15, 0.2) is 77.8 Å². The van der Waals surface area contributed by atoms with Crippen LogP contribution in [0.1, 0.15) is 28.8 Å². The number of carbonyl (C=O) groups excluding carboxylic acids is 2. The smallest absolute Gasteiger partial charge is 0.261 e. The van der Waals surface area contributed by atoms with Crippen LogP contribution in [0.5, 0.6) is 0 Å². The van der Waals surface area contributed by atoms with Crippen molar-refractivity contribution in [2.45, 2.75) is 18.4 Å². The van der Waals surface area contributed by atoms with Crippen molar-refractivity contribution in [2.75, 3.05) is 20.1 Å². The molecule has 3 aromatic rings. The average Bonchev–Trinajstić information content (AvgIpc) is 3.13. The van der Waals surface area contributed by atoms with Gasteiger partial charge in [0.05, 0.1) is 0 Å². The number of amides is 2. The molecule has 184 valence electrons. The highest BCUT2D eigenvalue weighted by Gasteiger charge is 2.54. The van der Waals surface area contributed by atoms with E-state index in [1.807, 2.05) is 18.2 Å². The third-order valence-corrected chi connectivity index (χ3v) is 7.16. The molecule has 2 heterocycles. The molecule has 1 unspecified atom stereocenters. The highest BCUT2D eigenvalue weighted by molar-refractivity contribution is 6.07. The number of hydrogen-bond acceptors (Lipinski definition) is 4. The highest BCUT2D eigenvalue weighted by Crippen LogP contribution is 2.45. The summed E-state index contributed by atoms with van der Waals surface area (Å²) in [6.45, 7) is 0.947. The largest absolute Gasteiger partial charge is 0.369 e. The van der Waals surface area contributed by atoms with Crippen LogP contribution < -0.4 is 5.73 Å². The molecule has 0 bridgehead atoms. The molecule has 0 aliphatic carbocycles. The van der Waals surface area contributed by atoms with Crippen LogP contribution in [0.25, 0.3) is 11.1 Å². The molecule has 6 nitrogen and oxygen atoms in total. The predicted molar refractivity (Wildman–Crippen MR) is 133 cm³/mol. The number of halogens is 2. The van der Waals surface area contributed by atoms with Crippen molar-refractivity contribution in [3.63, 3.8) is 0 Å². The second kappa shape index (κ2) is 9.18. The summed E-state index contributed by atoms with van der Waals surface area (Å²) in [5, 5.41) is 0. The molecule has 0 radical (unpaired) electrons. The van der Waals surface area contributed by atoms with Gasteiger partial charge in [0.2, 0.25) is 0 Å². The summed E-state index contributed by atoms with van der Waals surface area (Å²) >= 11 is 0. The van der Waals surface area contributed by atoms with E-state index >= 15 is 0 Å². The standard InChI is InChI=1S/C28H26F2N4O2/c1-33-26(36)28(32-27(33)31,21-10-12-34(13-11-21)25(35)18-6-3-2-4-7-18)22-9-5-8-19(14-22)20-15-23(29)17-24(30)16-20/h2-9,14-17,21H,10-13H2,1H3,(H2,31,32). The molecule has 2 aliphatic rings. The Morgan fingerprint density at radius 2 is 1.61 bits per heavy atom. The first-order valence-corrected chi connectivity index (χ1v) is 11.8. The van der Waals surface area contributed by atoms with Gasteiger partial charge in [-0.05, 0) is 59.9 Å². The van der Waals surface area contributed by atoms with Gasteiger partial charge in [0.25, 0.3) is 11.8 Å². The van der Waals surface area contributed by atoms with E-state index < -0.39 is 17.2 Å². The van der Waals surface area contributed by atoms with Gasteiger partial charge in [0, 0.05) is 37.7 Å². The van der Waals surface area contributed by atoms with E-state index in [1.165, 1.54) is 17.0 Å². The van der Waals surface area contributed by atoms with Gasteiger partial charge in [0.15, 0.2) is 11.5 Å². The summed E-state index contributed by atoms with van der Waals surface area (Å²) in [6, 6.07) is 19.5. The normalized spacial score (nSPS) is 20.5. The van der Waals surface area contributed by atoms with Gasteiger partial charge in [-0.15, -0.1) is 0 Å². The number of likely N-dealkylation sites (tertiary alicyclic amines) is 1. The third-order valence-electron chi connectivity index (χ3n) is 7.16. The van der Waals surface area contributed by atoms with Crippen molar-refractivity contribution >= 4 is 17.8 Å². The fraction of sp³-hybridized carbons (Fsp3) is 0.250. The second-order valence-corrected chi connectivity index (χ2v) is 9.27. The van der Waals surface area contributed by atoms with Crippen molar-refractivity contribution in [3.05, 3.63) is 95.6 Å². The van der Waals surface area contributed by atoms with Crippen molar-refractivity contribution < 1.29 is 18.4 Å². The van der Waals surface area contributed by atoms with Crippen LogP contribution >= 0.6 is 0 Å². The zero-order valence-corrected chi connectivity index (χ0v) is 19.8. The van der Waals surface area contributed by atoms with Crippen LogP contribution in [0.2, 0.25) is 0 Å². The van der Waals surface area contributed by atoms with Gasteiger partial charge < -0.3 is 10.6 Å². The first-order chi connectivity index (χ1) is 17.3. The quantitative estimate of drug-likeness (QED) is 0.599. The van der Waals surface area contributed by atoms with E-state index in [4.69, 9.17) is 10.7 Å². The summed E-state index contributed by atoms with van der Waals surface area (Å²) in [7, 11) is 1.59. The topological polar surface area (TPSA) is 79.0 Å². The van der Waals surface area contributed by atoms with Gasteiger partial charge in [-0.25, -0.2) is 13.8 Å². The van der Waals surface area contributed by atoms with E-state index in [-0.39, 0.29) is 23.7 Å². The lowest BCUT2D eigenvalue weighted by molar-refractivity contribution is -0.133. The van der Waals surface area contributed by atoms with Crippen molar-refractivity contribution in [2.24, 2.45) is 16.6 Å². The van der Waals surface area contributed by atoms with E-state index in [2.05, 4.69) is 0 Å². The predicted octanol–water partition coefficient (Wildman–Crippen LogP) is 4.17. The Hall–Kier alpha value is -4.07. The van der Waals surface area contributed by atoms with Gasteiger partial charge in [-0.1, -0.05) is 36.4 Å². The number of rotatable bonds is 4. The molecular weight excluding hydrogens is 462 g/mol. The lowest BCUT2D eigenvalue weighted by Crippen LogP contribution is -2.49. The molecule has 0 spiro atoms. The maximum Gasteiger partial charge on any atom is 0.261 e. The third kappa shape index (κ3) is 4.02. The Bertz CT molecular complexity index is 1330. The lowest BCUT2D eigenvalue weighted by atomic mass is 9.72. The molecule has 36 heavy (non-hydrogen) atoms. The zero-order valence-electron chi connectivity index (χ0n) is 19.8. The van der Waals surface area contributed by atoms with E-state index in [9.17, 15) is 18.4 Å². The van der Waals surface area contributed by atoms with Gasteiger partial charge in [-0.3, -0.25) is 14.5 Å². The van der Waals surface area contributed by atoms with Gasteiger partial charge >= 0.3 is 0 Å². The Kier molecular flexibility index (Phi) is 6.04. The Morgan fingerprint density at radius 3 is 2.22 bits per heavy atom. The molecule has 2 N–H and O–H groups in total. The molecule has 1 saturated heterocycles. The lowest BCUT2D eigenvalue weighted by Gasteiger charge is -2.40. The molecule has 5 rings (SSSR count). The summed E-state index contributed by atoms with van der Waals surface area (Å²) in [5.41, 5.74) is 7.01.